The molecule has 2 nitrogen and oxygen atoms in total. The monoisotopic (exact) mass is 220 g/mol. The highest BCUT2D eigenvalue weighted by Gasteiger charge is 2.06. The maximum Gasteiger partial charge on any atom is 0.107 e. The molecule has 1 aromatic carbocycles. The van der Waals surface area contributed by atoms with Gasteiger partial charge in [0.05, 0.1) is 11.0 Å². The molecule has 0 spiro atoms. The second-order valence-corrected chi connectivity index (χ2v) is 3.88. The van der Waals surface area contributed by atoms with Gasteiger partial charge in [-0.15, -0.1) is 11.6 Å². The van der Waals surface area contributed by atoms with Gasteiger partial charge in [0, 0.05) is 12.4 Å². The van der Waals surface area contributed by atoms with E-state index in [4.69, 9.17) is 11.6 Å². The number of hydrogen-bond donors (Lipinski definition) is 0. The van der Waals surface area contributed by atoms with E-state index in [1.165, 1.54) is 0 Å². The van der Waals surface area contributed by atoms with Gasteiger partial charge in [0.15, 0.2) is 0 Å². The molecule has 0 radical (unpaired) electrons. The first-order chi connectivity index (χ1) is 7.22. The van der Waals surface area contributed by atoms with Gasteiger partial charge < -0.3 is 4.57 Å². The number of alkyl halides is 1. The lowest BCUT2D eigenvalue weighted by molar-refractivity contribution is 0.776. The fourth-order valence-electron chi connectivity index (χ4n) is 1.66. The molecular formula is C12H13ClN2. The molecule has 0 unspecified atom stereocenters. The highest BCUT2D eigenvalue weighted by atomic mass is 35.5. The fraction of sp³-hybridized carbons (Fsp3) is 0.250. The third-order valence-corrected chi connectivity index (χ3v) is 2.79. The molecular weight excluding hydrogens is 208 g/mol. The standard InChI is InChI=1S/C12H13ClN2/c1-9(7-13)8-15-10(2)14-11-5-3-4-6-12(11)15/h3-6H,1,7-8H2,2H3. The summed E-state index contributed by atoms with van der Waals surface area (Å²) in [6.45, 7) is 6.66. The van der Waals surface area contributed by atoms with Crippen molar-refractivity contribution in [3.8, 4) is 0 Å². The highest BCUT2D eigenvalue weighted by molar-refractivity contribution is 6.19. The molecule has 0 fully saturated rings. The zero-order chi connectivity index (χ0) is 10.8. The Morgan fingerprint density at radius 3 is 2.93 bits per heavy atom. The van der Waals surface area contributed by atoms with Crippen molar-refractivity contribution in [3.63, 3.8) is 0 Å². The van der Waals surface area contributed by atoms with Gasteiger partial charge in [0.2, 0.25) is 0 Å². The minimum absolute atomic E-state index is 0.492. The minimum Gasteiger partial charge on any atom is -0.324 e. The van der Waals surface area contributed by atoms with Crippen LogP contribution in [0.3, 0.4) is 0 Å². The Kier molecular flexibility index (Phi) is 2.78. The Bertz CT molecular complexity index is 499. The van der Waals surface area contributed by atoms with Crippen molar-refractivity contribution in [2.75, 3.05) is 5.88 Å². The molecule has 1 aromatic heterocycles. The van der Waals surface area contributed by atoms with Gasteiger partial charge in [-0.3, -0.25) is 0 Å². The largest absolute Gasteiger partial charge is 0.324 e. The van der Waals surface area contributed by atoms with E-state index in [1.54, 1.807) is 0 Å². The third kappa shape index (κ3) is 1.90. The van der Waals surface area contributed by atoms with E-state index in [1.807, 2.05) is 25.1 Å². The number of nitrogens with zero attached hydrogens (tertiary/aromatic N) is 2. The molecule has 0 saturated carbocycles. The van der Waals surface area contributed by atoms with Crippen LogP contribution in [0.2, 0.25) is 0 Å². The second-order valence-electron chi connectivity index (χ2n) is 3.62. The molecule has 1 heterocycles. The highest BCUT2D eigenvalue weighted by Crippen LogP contribution is 2.16. The topological polar surface area (TPSA) is 17.8 Å². The maximum atomic E-state index is 5.74. The van der Waals surface area contributed by atoms with Crippen LogP contribution in [0.25, 0.3) is 11.0 Å². The molecule has 2 aromatic rings. The van der Waals surface area contributed by atoms with Crippen molar-refractivity contribution in [3.05, 3.63) is 42.2 Å². The summed E-state index contributed by atoms with van der Waals surface area (Å²) in [6.07, 6.45) is 0. The van der Waals surface area contributed by atoms with Crippen LogP contribution in [0.4, 0.5) is 0 Å². The van der Waals surface area contributed by atoms with Gasteiger partial charge in [-0.2, -0.15) is 0 Å². The van der Waals surface area contributed by atoms with Gasteiger partial charge in [-0.25, -0.2) is 4.98 Å². The summed E-state index contributed by atoms with van der Waals surface area (Å²) in [6, 6.07) is 8.10. The number of aryl methyl sites for hydroxylation is 1. The van der Waals surface area contributed by atoms with E-state index in [9.17, 15) is 0 Å². The van der Waals surface area contributed by atoms with E-state index in [-0.39, 0.29) is 0 Å². The third-order valence-electron chi connectivity index (χ3n) is 2.42. The SMILES string of the molecule is C=C(CCl)Cn1c(C)nc2ccccc21. The molecule has 0 aliphatic heterocycles. The molecule has 0 amide bonds. The normalized spacial score (nSPS) is 10.8. The van der Waals surface area contributed by atoms with Crippen LogP contribution in [-0.4, -0.2) is 15.4 Å². The number of hydrogen-bond acceptors (Lipinski definition) is 1. The fourth-order valence-corrected chi connectivity index (χ4v) is 1.75. The van der Waals surface area contributed by atoms with Crippen LogP contribution in [0.15, 0.2) is 36.4 Å². The van der Waals surface area contributed by atoms with Crippen LogP contribution >= 0.6 is 11.6 Å². The zero-order valence-corrected chi connectivity index (χ0v) is 9.46. The Labute approximate surface area is 94.2 Å². The van der Waals surface area contributed by atoms with Gasteiger partial charge in [-0.05, 0) is 24.6 Å². The molecule has 3 heteroatoms. The Morgan fingerprint density at radius 2 is 2.20 bits per heavy atom. The number of fused-ring (bicyclic) bond motifs is 1. The van der Waals surface area contributed by atoms with Crippen molar-refractivity contribution >= 4 is 22.6 Å². The number of rotatable bonds is 3. The number of para-hydroxylation sites is 2. The summed E-state index contributed by atoms with van der Waals surface area (Å²) in [4.78, 5) is 4.48. The second kappa shape index (κ2) is 4.07. The van der Waals surface area contributed by atoms with Crippen molar-refractivity contribution in [1.82, 2.24) is 9.55 Å². The number of aromatic nitrogens is 2. The van der Waals surface area contributed by atoms with E-state index in [0.717, 1.165) is 29.0 Å². The van der Waals surface area contributed by atoms with Crippen LogP contribution in [0.1, 0.15) is 5.82 Å². The molecule has 0 atom stereocenters. The minimum atomic E-state index is 0.492. The van der Waals surface area contributed by atoms with Gasteiger partial charge >= 0.3 is 0 Å². The van der Waals surface area contributed by atoms with E-state index in [0.29, 0.717) is 5.88 Å². The predicted molar refractivity (Wildman–Crippen MR) is 64.3 cm³/mol. The van der Waals surface area contributed by atoms with Crippen LogP contribution < -0.4 is 0 Å². The average molecular weight is 221 g/mol. The van der Waals surface area contributed by atoms with Gasteiger partial charge in [-0.1, -0.05) is 18.7 Å². The lowest BCUT2D eigenvalue weighted by Crippen LogP contribution is -2.03. The van der Waals surface area contributed by atoms with Gasteiger partial charge in [0.25, 0.3) is 0 Å². The average Bonchev–Trinajstić information content (AvgIpc) is 2.55. The summed E-state index contributed by atoms with van der Waals surface area (Å²) in [5.74, 6) is 1.49. The molecule has 0 saturated heterocycles. The predicted octanol–water partition coefficient (Wildman–Crippen LogP) is 3.14. The van der Waals surface area contributed by atoms with Crippen LogP contribution in [0.5, 0.6) is 0 Å². The van der Waals surface area contributed by atoms with Gasteiger partial charge in [0.1, 0.15) is 5.82 Å². The molecule has 15 heavy (non-hydrogen) atoms. The molecule has 0 aliphatic carbocycles. The number of imidazole rings is 1. The molecule has 2 rings (SSSR count). The summed E-state index contributed by atoms with van der Waals surface area (Å²) in [7, 11) is 0. The van der Waals surface area contributed by atoms with E-state index >= 15 is 0 Å². The Hall–Kier alpha value is -1.28. The Balaban J connectivity index is 2.49. The summed E-state index contributed by atoms with van der Waals surface area (Å²) in [5.41, 5.74) is 3.17. The van der Waals surface area contributed by atoms with Crippen molar-refractivity contribution < 1.29 is 0 Å². The summed E-state index contributed by atoms with van der Waals surface area (Å²) in [5, 5.41) is 0. The maximum absolute atomic E-state index is 5.74. The first-order valence-corrected chi connectivity index (χ1v) is 5.40. The summed E-state index contributed by atoms with van der Waals surface area (Å²) < 4.78 is 2.14. The number of halogens is 1. The van der Waals surface area contributed by atoms with Crippen LogP contribution in [-0.2, 0) is 6.54 Å². The quantitative estimate of drug-likeness (QED) is 0.574. The molecule has 0 N–H and O–H groups in total. The zero-order valence-electron chi connectivity index (χ0n) is 8.70. The van der Waals surface area contributed by atoms with Crippen molar-refractivity contribution in [2.45, 2.75) is 13.5 Å². The first kappa shape index (κ1) is 10.2. The lowest BCUT2D eigenvalue weighted by Gasteiger charge is -2.06. The number of allylic oxidation sites excluding steroid dienone is 1. The smallest absolute Gasteiger partial charge is 0.107 e. The van der Waals surface area contributed by atoms with E-state index < -0.39 is 0 Å². The summed E-state index contributed by atoms with van der Waals surface area (Å²) >= 11 is 5.74. The molecule has 0 bridgehead atoms. The van der Waals surface area contributed by atoms with Crippen LogP contribution in [0, 0.1) is 6.92 Å². The first-order valence-electron chi connectivity index (χ1n) is 4.87. The lowest BCUT2D eigenvalue weighted by atomic mass is 10.3. The Morgan fingerprint density at radius 1 is 1.47 bits per heavy atom. The van der Waals surface area contributed by atoms with E-state index in [2.05, 4.69) is 22.2 Å². The van der Waals surface area contributed by atoms with Crippen molar-refractivity contribution in [2.24, 2.45) is 0 Å². The number of benzene rings is 1. The molecule has 0 aliphatic rings. The molecule has 78 valence electrons. The van der Waals surface area contributed by atoms with Crippen molar-refractivity contribution in [1.29, 1.82) is 0 Å².